The van der Waals surface area contributed by atoms with Crippen LogP contribution >= 0.6 is 11.6 Å². The molecule has 13 heteroatoms. The van der Waals surface area contributed by atoms with Crippen LogP contribution in [-0.2, 0) is 9.59 Å². The lowest BCUT2D eigenvalue weighted by Crippen LogP contribution is -2.42. The summed E-state index contributed by atoms with van der Waals surface area (Å²) in [5.74, 6) is 1.16. The summed E-state index contributed by atoms with van der Waals surface area (Å²) in [6, 6.07) is 31.3. The van der Waals surface area contributed by atoms with Crippen LogP contribution in [0.2, 0.25) is 5.02 Å². The Bertz CT molecular complexity index is 2400. The molecule has 0 aliphatic carbocycles. The third-order valence-electron chi connectivity index (χ3n) is 11.2. The summed E-state index contributed by atoms with van der Waals surface area (Å²) in [5.41, 5.74) is 7.17. The van der Waals surface area contributed by atoms with Crippen molar-refractivity contribution in [2.45, 2.75) is 49.9 Å². The summed E-state index contributed by atoms with van der Waals surface area (Å²) >= 11 is 6.38. The number of nitrogens with zero attached hydrogens (tertiary/aromatic N) is 5. The molecule has 0 unspecified atom stereocenters. The number of likely N-dealkylation sites (N-methyl/N-ethyl adjacent to an activating group) is 1. The van der Waals surface area contributed by atoms with Crippen LogP contribution < -0.4 is 5.32 Å². The van der Waals surface area contributed by atoms with E-state index in [1.807, 2.05) is 72.6 Å². The van der Waals surface area contributed by atoms with Gasteiger partial charge in [0, 0.05) is 23.7 Å². The van der Waals surface area contributed by atoms with Gasteiger partial charge in [-0.25, -0.2) is 14.8 Å². The maximum absolute atomic E-state index is 13.9. The number of H-pyrrole nitrogens is 2. The minimum atomic E-state index is -1.31. The van der Waals surface area contributed by atoms with Gasteiger partial charge in [-0.05, 0) is 73.7 Å². The number of nitrogens with one attached hydrogen (secondary N) is 3. The summed E-state index contributed by atoms with van der Waals surface area (Å²) < 4.78 is 0. The van der Waals surface area contributed by atoms with Crippen LogP contribution in [0.25, 0.3) is 33.6 Å². The van der Waals surface area contributed by atoms with Crippen molar-refractivity contribution in [1.82, 2.24) is 40.0 Å². The highest BCUT2D eigenvalue weighted by Crippen LogP contribution is 2.37. The van der Waals surface area contributed by atoms with E-state index in [9.17, 15) is 19.5 Å². The van der Waals surface area contributed by atoms with Gasteiger partial charge < -0.3 is 30.2 Å². The molecule has 4 heterocycles. The van der Waals surface area contributed by atoms with E-state index in [-0.39, 0.29) is 29.9 Å². The van der Waals surface area contributed by atoms with E-state index in [1.54, 1.807) is 35.4 Å². The molecule has 0 radical (unpaired) electrons. The maximum atomic E-state index is 13.9. The number of halogens is 1. The first kappa shape index (κ1) is 38.6. The molecule has 58 heavy (non-hydrogen) atoms. The molecule has 8 rings (SSSR count). The topological polar surface area (TPSA) is 151 Å². The second kappa shape index (κ2) is 16.7. The van der Waals surface area contributed by atoms with Crippen LogP contribution in [-0.4, -0.2) is 84.8 Å². The molecule has 2 aromatic heterocycles. The van der Waals surface area contributed by atoms with Crippen molar-refractivity contribution in [1.29, 1.82) is 0 Å². The summed E-state index contributed by atoms with van der Waals surface area (Å²) in [7, 11) is 3.89. The molecule has 3 amide bonds. The van der Waals surface area contributed by atoms with Crippen molar-refractivity contribution in [3.05, 3.63) is 143 Å². The molecule has 6 aromatic rings. The van der Waals surface area contributed by atoms with Gasteiger partial charge in [0.05, 0.1) is 35.9 Å². The van der Waals surface area contributed by atoms with Crippen LogP contribution in [0, 0.1) is 0 Å². The third-order valence-corrected chi connectivity index (χ3v) is 11.6. The van der Waals surface area contributed by atoms with Gasteiger partial charge in [0.15, 0.2) is 0 Å². The number of imidazole rings is 2. The smallest absolute Gasteiger partial charge is 0.405 e. The molecule has 12 nitrogen and oxygen atoms in total. The lowest BCUT2D eigenvalue weighted by Gasteiger charge is -2.31. The first-order chi connectivity index (χ1) is 28.2. The number of likely N-dealkylation sites (tertiary alicyclic amines) is 2. The van der Waals surface area contributed by atoms with E-state index in [1.165, 1.54) is 0 Å². The van der Waals surface area contributed by atoms with E-state index < -0.39 is 12.1 Å². The Morgan fingerprint density at radius 2 is 1.19 bits per heavy atom. The van der Waals surface area contributed by atoms with Crippen molar-refractivity contribution < 1.29 is 19.5 Å². The average molecular weight is 797 g/mol. The molecule has 2 aliphatic rings. The highest BCUT2D eigenvalue weighted by molar-refractivity contribution is 6.31. The predicted octanol–water partition coefficient (Wildman–Crippen LogP) is 8.43. The van der Waals surface area contributed by atoms with Crippen LogP contribution in [0.3, 0.4) is 0 Å². The highest BCUT2D eigenvalue weighted by atomic mass is 35.5. The number of hydrogen-bond acceptors (Lipinski definition) is 6. The van der Waals surface area contributed by atoms with Crippen LogP contribution in [0.4, 0.5) is 4.79 Å². The summed E-state index contributed by atoms with van der Waals surface area (Å²) in [6.07, 6.45) is 5.56. The van der Waals surface area contributed by atoms with Crippen molar-refractivity contribution in [2.24, 2.45) is 0 Å². The highest BCUT2D eigenvalue weighted by Gasteiger charge is 2.39. The molecular formula is C45H45ClN8O4. The molecule has 2 fully saturated rings. The van der Waals surface area contributed by atoms with Gasteiger partial charge in [0.2, 0.25) is 5.91 Å². The van der Waals surface area contributed by atoms with Gasteiger partial charge in [0.1, 0.15) is 23.7 Å². The van der Waals surface area contributed by atoms with E-state index >= 15 is 0 Å². The van der Waals surface area contributed by atoms with Gasteiger partial charge in [0.25, 0.3) is 5.91 Å². The van der Waals surface area contributed by atoms with Crippen LogP contribution in [0.15, 0.2) is 116 Å². The van der Waals surface area contributed by atoms with E-state index in [4.69, 9.17) is 16.6 Å². The molecule has 4 N–H and O–H groups in total. The van der Waals surface area contributed by atoms with E-state index in [0.29, 0.717) is 35.9 Å². The molecular weight excluding hydrogens is 752 g/mol. The Hall–Kier alpha value is -6.24. The zero-order valence-corrected chi connectivity index (χ0v) is 33.1. The standard InChI is InChI=1S/C45H45ClN8O4/c1-52(2)40(32-10-4-3-5-11-32)44(56)54-25-9-15-38(54)42-48-27-36(50-42)31-22-18-29(19-23-31)28-16-20-30(21-17-28)35-26-47-41(49-35)37-14-8-24-53(37)43(55)39(51-45(57)58)33-12-6-7-13-34(33)46/h3-7,10-13,16-23,26-27,37-40,51H,8-9,14-15,24-25H2,1-2H3,(H,47,49)(H,48,50)(H,57,58)/t37-,38-,39+,40+/m0/s1. The fourth-order valence-electron chi connectivity index (χ4n) is 8.34. The minimum Gasteiger partial charge on any atom is -0.465 e. The van der Waals surface area contributed by atoms with Gasteiger partial charge in [-0.2, -0.15) is 0 Å². The Labute approximate surface area is 341 Å². The molecule has 4 atom stereocenters. The number of benzene rings is 4. The van der Waals surface area contributed by atoms with Gasteiger partial charge in [-0.3, -0.25) is 14.5 Å². The monoisotopic (exact) mass is 796 g/mol. The average Bonchev–Trinajstić information content (AvgIpc) is 4.08. The van der Waals surface area contributed by atoms with E-state index in [2.05, 4.69) is 56.7 Å². The number of hydrogen-bond donors (Lipinski definition) is 4. The van der Waals surface area contributed by atoms with Crippen molar-refractivity contribution in [3.63, 3.8) is 0 Å². The van der Waals surface area contributed by atoms with Crippen molar-refractivity contribution >= 4 is 29.5 Å². The van der Waals surface area contributed by atoms with Crippen LogP contribution in [0.5, 0.6) is 0 Å². The molecule has 0 bridgehead atoms. The Balaban J connectivity index is 0.933. The minimum absolute atomic E-state index is 0.0861. The SMILES string of the molecule is CN(C)[C@@H](C(=O)N1CCC[C@H]1c1ncc(-c2ccc(-c3ccc(-c4cnc([C@@H]5CCCN5C(=O)[C@H](NC(=O)O)c5ccccc5Cl)[nH]4)cc3)cc2)[nH]1)c1ccccc1. The second-order valence-corrected chi connectivity index (χ2v) is 15.5. The number of carbonyl (C=O) groups is 3. The van der Waals surface area contributed by atoms with Crippen molar-refractivity contribution in [3.8, 4) is 33.6 Å². The summed E-state index contributed by atoms with van der Waals surface area (Å²) in [6.45, 7) is 1.18. The summed E-state index contributed by atoms with van der Waals surface area (Å²) in [4.78, 5) is 61.4. The van der Waals surface area contributed by atoms with E-state index in [0.717, 1.165) is 64.3 Å². The molecule has 296 valence electrons. The Morgan fingerprint density at radius 1 is 0.707 bits per heavy atom. The quantitative estimate of drug-likeness (QED) is 0.103. The Morgan fingerprint density at radius 3 is 1.69 bits per heavy atom. The fraction of sp³-hybridized carbons (Fsp3) is 0.267. The number of carbonyl (C=O) groups excluding carboxylic acids is 2. The molecule has 2 aliphatic heterocycles. The Kier molecular flexibility index (Phi) is 11.1. The zero-order valence-electron chi connectivity index (χ0n) is 32.3. The lowest BCUT2D eigenvalue weighted by atomic mass is 10.0. The fourth-order valence-corrected chi connectivity index (χ4v) is 8.59. The van der Waals surface area contributed by atoms with Crippen LogP contribution in [0.1, 0.15) is 72.6 Å². The van der Waals surface area contributed by atoms with Gasteiger partial charge >= 0.3 is 6.09 Å². The summed E-state index contributed by atoms with van der Waals surface area (Å²) in [5, 5.41) is 12.2. The van der Waals surface area contributed by atoms with Gasteiger partial charge in [-0.1, -0.05) is 109 Å². The predicted molar refractivity (Wildman–Crippen MR) is 223 cm³/mol. The second-order valence-electron chi connectivity index (χ2n) is 15.1. The number of aromatic amines is 2. The number of amides is 3. The van der Waals surface area contributed by atoms with Crippen molar-refractivity contribution in [2.75, 3.05) is 27.2 Å². The first-order valence-electron chi connectivity index (χ1n) is 19.5. The number of rotatable bonds is 11. The number of carboxylic acid groups (broad SMARTS) is 1. The maximum Gasteiger partial charge on any atom is 0.405 e. The molecule has 2 saturated heterocycles. The largest absolute Gasteiger partial charge is 0.465 e. The zero-order chi connectivity index (χ0) is 40.3. The molecule has 0 saturated carbocycles. The normalized spacial score (nSPS) is 17.7. The number of aromatic nitrogens is 4. The molecule has 4 aromatic carbocycles. The third kappa shape index (κ3) is 7.85. The molecule has 0 spiro atoms. The lowest BCUT2D eigenvalue weighted by molar-refractivity contribution is -0.137. The first-order valence-corrected chi connectivity index (χ1v) is 19.9. The van der Waals surface area contributed by atoms with Gasteiger partial charge in [-0.15, -0.1) is 0 Å².